The van der Waals surface area contributed by atoms with Gasteiger partial charge in [0, 0.05) is 0 Å². The van der Waals surface area contributed by atoms with Crippen molar-refractivity contribution < 1.29 is 157 Å². The molecule has 0 rings (SSSR count). The van der Waals surface area contributed by atoms with E-state index in [1.54, 1.807) is 0 Å². The molecule has 0 radical (unpaired) electrons. The first-order chi connectivity index (χ1) is 17.0. The van der Waals surface area contributed by atoms with Crippen LogP contribution in [-0.4, -0.2) is 83.6 Å². The Morgan fingerprint density at radius 3 is 0.605 bits per heavy atom. The van der Waals surface area contributed by atoms with Crippen molar-refractivity contribution in [3.05, 3.63) is 0 Å². The molecule has 0 amide bonds. The van der Waals surface area contributed by atoms with E-state index in [4.69, 9.17) is 4.55 Å². The summed E-state index contributed by atoms with van der Waals surface area (Å²) >= 11 is 0. The van der Waals surface area contributed by atoms with E-state index in [0.29, 0.717) is 0 Å². The van der Waals surface area contributed by atoms with Gasteiger partial charge in [-0.15, -0.1) is 0 Å². The Balaban J connectivity index is -0.00000800. The van der Waals surface area contributed by atoms with Gasteiger partial charge in [0.1, 0.15) is 0 Å². The van der Waals surface area contributed by atoms with E-state index in [9.17, 15) is 118 Å². The molecule has 0 saturated heterocycles. The molecule has 0 aromatic carbocycles. The van der Waals surface area contributed by atoms with E-state index in [1.807, 2.05) is 0 Å². The van der Waals surface area contributed by atoms with Gasteiger partial charge in [0.2, 0.25) is 0 Å². The molecule has 0 saturated carbocycles. The number of hydrogen-bond donors (Lipinski definition) is 1. The van der Waals surface area contributed by atoms with Crippen molar-refractivity contribution >= 4 is 10.1 Å². The fourth-order valence-electron chi connectivity index (χ4n) is 2.10. The van der Waals surface area contributed by atoms with Crippen LogP contribution in [0.4, 0.5) is 110 Å². The third-order valence-corrected chi connectivity index (χ3v) is 5.50. The molecule has 0 heterocycles. The first-order valence-electron chi connectivity index (χ1n) is 8.19. The van der Waals surface area contributed by atoms with E-state index in [0.717, 1.165) is 0 Å². The first kappa shape index (κ1) is 46.5. The summed E-state index contributed by atoms with van der Waals surface area (Å²) in [4.78, 5) is 0. The van der Waals surface area contributed by atoms with E-state index in [2.05, 4.69) is 0 Å². The van der Waals surface area contributed by atoms with E-state index in [-0.39, 0.29) is 34.3 Å². The second kappa shape index (κ2) is 11.1. The molecule has 0 aliphatic rings. The van der Waals surface area contributed by atoms with E-state index < -0.39 is 80.8 Å². The summed E-state index contributed by atoms with van der Waals surface area (Å²) in [5.41, 5.74) is 0. The molecule has 0 spiro atoms. The summed E-state index contributed by atoms with van der Waals surface area (Å²) in [6.07, 6.45) is -8.23. The summed E-state index contributed by atoms with van der Waals surface area (Å²) in [5, 5.41) is -8.22. The molecule has 0 aromatic heterocycles. The molecule has 0 unspecified atom stereocenters. The summed E-state index contributed by atoms with van der Waals surface area (Å²) < 4.78 is 355. The van der Waals surface area contributed by atoms with Gasteiger partial charge in [0.15, 0.2) is 0 Å². The molecule has 43 heavy (non-hydrogen) atoms. The maximum absolute atomic E-state index is 13.5. The molecule has 256 valence electrons. The Kier molecular flexibility index (Phi) is 12.0. The van der Waals surface area contributed by atoms with Crippen LogP contribution in [0.3, 0.4) is 0 Å². The molecule has 0 fully saturated rings. The predicted octanol–water partition coefficient (Wildman–Crippen LogP) is 1.39. The zero-order valence-corrected chi connectivity index (χ0v) is 21.3. The minimum atomic E-state index is -9.76. The standard InChI is InChI=1S/C12HF25O3S.FH.Na/c13-1(14,3(17,18)5(21,22)7(25,26)9(29,30)11(33,34)35)2(15,16)4(19,20)6(23,24)8(27,28)10(31,32)12(36,37)41(38,39)40;;/h(H,38,39,40);1H;/q;;+1/p-1. The number of alkyl halides is 25. The van der Waals surface area contributed by atoms with E-state index >= 15 is 0 Å². The van der Waals surface area contributed by atoms with Crippen molar-refractivity contribution in [3.63, 3.8) is 0 Å². The second-order valence-electron chi connectivity index (χ2n) is 7.23. The van der Waals surface area contributed by atoms with E-state index in [1.165, 1.54) is 0 Å². The van der Waals surface area contributed by atoms with Crippen molar-refractivity contribution in [2.45, 2.75) is 70.7 Å². The molecule has 0 aromatic rings. The number of halogens is 26. The summed E-state index contributed by atoms with van der Waals surface area (Å²) in [6, 6.07) is 0. The van der Waals surface area contributed by atoms with Crippen LogP contribution in [0.5, 0.6) is 0 Å². The number of rotatable bonds is 11. The van der Waals surface area contributed by atoms with Gasteiger partial charge in [-0.2, -0.15) is 118 Å². The zero-order chi connectivity index (χ0) is 34.5. The summed E-state index contributed by atoms with van der Waals surface area (Å²) in [7, 11) is -8.24. The van der Waals surface area contributed by atoms with Crippen molar-refractivity contribution in [1.29, 1.82) is 0 Å². The topological polar surface area (TPSA) is 54.4 Å². The van der Waals surface area contributed by atoms with Crippen molar-refractivity contribution in [1.82, 2.24) is 0 Å². The Morgan fingerprint density at radius 2 is 0.465 bits per heavy atom. The van der Waals surface area contributed by atoms with Crippen LogP contribution in [0, 0.1) is 0 Å². The van der Waals surface area contributed by atoms with Crippen molar-refractivity contribution in [3.8, 4) is 0 Å². The van der Waals surface area contributed by atoms with Gasteiger partial charge in [0.25, 0.3) is 0 Å². The third-order valence-electron chi connectivity index (χ3n) is 4.59. The Morgan fingerprint density at radius 1 is 0.326 bits per heavy atom. The predicted molar refractivity (Wildman–Crippen MR) is 72.0 cm³/mol. The monoisotopic (exact) mass is 742 g/mol. The van der Waals surface area contributed by atoms with Gasteiger partial charge in [-0.25, -0.2) is 0 Å². The Labute approximate surface area is 238 Å². The molecule has 0 aliphatic heterocycles. The van der Waals surface area contributed by atoms with Crippen molar-refractivity contribution in [2.24, 2.45) is 0 Å². The fraction of sp³-hybridized carbons (Fsp3) is 1.00. The Hall–Kier alpha value is -0.910. The van der Waals surface area contributed by atoms with Gasteiger partial charge in [-0.3, -0.25) is 4.55 Å². The van der Waals surface area contributed by atoms with Gasteiger partial charge >= 0.3 is 110 Å². The first-order valence-corrected chi connectivity index (χ1v) is 9.63. The second-order valence-corrected chi connectivity index (χ2v) is 8.70. The molecule has 1 N–H and O–H groups in total. The van der Waals surface area contributed by atoms with Crippen LogP contribution in [0.1, 0.15) is 0 Å². The summed E-state index contributed by atoms with van der Waals surface area (Å²) in [6.45, 7) is 0. The average molecular weight is 742 g/mol. The molecular formula is C12HF26NaO3S. The van der Waals surface area contributed by atoms with Crippen LogP contribution in [0.25, 0.3) is 0 Å². The minimum absolute atomic E-state index is 0. The van der Waals surface area contributed by atoms with Gasteiger partial charge in [-0.1, -0.05) is 0 Å². The zero-order valence-electron chi connectivity index (χ0n) is 18.5. The maximum atomic E-state index is 13.5. The molecular weight excluding hydrogens is 741 g/mol. The normalized spacial score (nSPS) is 16.4. The molecule has 3 nitrogen and oxygen atoms in total. The number of hydrogen-bond acceptors (Lipinski definition) is 2. The molecule has 0 bridgehead atoms. The van der Waals surface area contributed by atoms with Crippen LogP contribution >= 0.6 is 0 Å². The summed E-state index contributed by atoms with van der Waals surface area (Å²) in [5.74, 6) is -94.0. The molecule has 0 aliphatic carbocycles. The maximum Gasteiger partial charge on any atom is 1.00 e. The fourth-order valence-corrected chi connectivity index (χ4v) is 2.55. The van der Waals surface area contributed by atoms with Gasteiger partial charge < -0.3 is 4.70 Å². The quantitative estimate of drug-likeness (QED) is 0.198. The van der Waals surface area contributed by atoms with Crippen LogP contribution in [0.2, 0.25) is 0 Å². The Bertz CT molecular complexity index is 1100. The van der Waals surface area contributed by atoms with Crippen molar-refractivity contribution in [2.75, 3.05) is 0 Å². The van der Waals surface area contributed by atoms with Crippen LogP contribution in [0.15, 0.2) is 0 Å². The SMILES string of the molecule is O=S(=O)(O)C(F)(F)C(F)(F)C(F)(F)C(F)(F)C(F)(F)C(F)(F)C(F)(F)C(F)(F)C(F)(F)C(F)(F)C(F)(F)C(F)(F)F.[F-].[Na+]. The molecule has 0 atom stereocenters. The van der Waals surface area contributed by atoms with Crippen LogP contribution in [-0.2, 0) is 10.1 Å². The van der Waals surface area contributed by atoms with Crippen LogP contribution < -0.4 is 34.3 Å². The largest absolute Gasteiger partial charge is 1.00 e. The molecule has 31 heteroatoms. The minimum Gasteiger partial charge on any atom is -1.00 e. The van der Waals surface area contributed by atoms with Gasteiger partial charge in [0.05, 0.1) is 0 Å². The van der Waals surface area contributed by atoms with Gasteiger partial charge in [-0.05, 0) is 0 Å². The average Bonchev–Trinajstić information content (AvgIpc) is 2.70. The third kappa shape index (κ3) is 5.47. The smallest absolute Gasteiger partial charge is 1.00 e.